The minimum atomic E-state index is -0.181. The molecule has 2 rings (SSSR count). The maximum Gasteiger partial charge on any atom is 0.258 e. The molecule has 4 nitrogen and oxygen atoms in total. The van der Waals surface area contributed by atoms with Crippen LogP contribution in [0.15, 0.2) is 61.2 Å². The number of amides is 2. The minimum Gasteiger partial charge on any atom is -0.349 e. The number of rotatable bonds is 6. The zero-order valence-corrected chi connectivity index (χ0v) is 14.1. The number of anilines is 1. The predicted octanol–water partition coefficient (Wildman–Crippen LogP) is 3.58. The minimum absolute atomic E-state index is 0.0823. The highest BCUT2D eigenvalue weighted by molar-refractivity contribution is 6.06. The van der Waals surface area contributed by atoms with E-state index in [0.717, 1.165) is 11.3 Å². The summed E-state index contributed by atoms with van der Waals surface area (Å²) in [5, 5.41) is 2.71. The summed E-state index contributed by atoms with van der Waals surface area (Å²) in [7, 11) is 0. The molecule has 0 atom stereocenters. The van der Waals surface area contributed by atoms with Gasteiger partial charge in [0.25, 0.3) is 11.8 Å². The van der Waals surface area contributed by atoms with Gasteiger partial charge in [-0.2, -0.15) is 0 Å². The second-order valence-corrected chi connectivity index (χ2v) is 5.46. The molecular formula is C20H22N2O2. The van der Waals surface area contributed by atoms with Crippen LogP contribution in [-0.4, -0.2) is 24.9 Å². The molecule has 2 aromatic rings. The lowest BCUT2D eigenvalue weighted by Crippen LogP contribution is -2.30. The monoisotopic (exact) mass is 322 g/mol. The largest absolute Gasteiger partial charge is 0.349 e. The average molecular weight is 322 g/mol. The summed E-state index contributed by atoms with van der Waals surface area (Å²) in [4.78, 5) is 26.4. The van der Waals surface area contributed by atoms with Gasteiger partial charge in [-0.25, -0.2) is 0 Å². The van der Waals surface area contributed by atoms with Gasteiger partial charge < -0.3 is 10.2 Å². The second kappa shape index (κ2) is 8.11. The summed E-state index contributed by atoms with van der Waals surface area (Å²) >= 11 is 0. The molecular weight excluding hydrogens is 300 g/mol. The Kier molecular flexibility index (Phi) is 5.90. The molecule has 0 aliphatic carbocycles. The van der Waals surface area contributed by atoms with Crippen molar-refractivity contribution in [3.63, 3.8) is 0 Å². The van der Waals surface area contributed by atoms with Gasteiger partial charge in [-0.05, 0) is 55.8 Å². The lowest BCUT2D eigenvalue weighted by Gasteiger charge is -2.21. The Morgan fingerprint density at radius 2 is 1.79 bits per heavy atom. The van der Waals surface area contributed by atoms with E-state index in [0.29, 0.717) is 24.2 Å². The van der Waals surface area contributed by atoms with Gasteiger partial charge in [-0.3, -0.25) is 9.59 Å². The van der Waals surface area contributed by atoms with E-state index in [1.165, 1.54) is 0 Å². The maximum absolute atomic E-state index is 12.8. The molecule has 0 aliphatic rings. The Morgan fingerprint density at radius 1 is 1.12 bits per heavy atom. The van der Waals surface area contributed by atoms with E-state index in [-0.39, 0.29) is 11.8 Å². The van der Waals surface area contributed by atoms with Gasteiger partial charge in [0, 0.05) is 29.9 Å². The molecule has 1 N–H and O–H groups in total. The van der Waals surface area contributed by atoms with Crippen molar-refractivity contribution in [1.29, 1.82) is 0 Å². The molecule has 2 amide bonds. The molecule has 0 spiro atoms. The van der Waals surface area contributed by atoms with Gasteiger partial charge in [0.2, 0.25) is 0 Å². The van der Waals surface area contributed by atoms with E-state index in [1.54, 1.807) is 35.2 Å². The summed E-state index contributed by atoms with van der Waals surface area (Å²) in [6, 6.07) is 14.5. The third-order valence-corrected chi connectivity index (χ3v) is 3.68. The first kappa shape index (κ1) is 17.5. The van der Waals surface area contributed by atoms with Crippen molar-refractivity contribution < 1.29 is 9.59 Å². The summed E-state index contributed by atoms with van der Waals surface area (Å²) < 4.78 is 0. The quantitative estimate of drug-likeness (QED) is 0.827. The van der Waals surface area contributed by atoms with Crippen molar-refractivity contribution in [3.8, 4) is 0 Å². The van der Waals surface area contributed by atoms with Crippen LogP contribution < -0.4 is 10.2 Å². The fourth-order valence-corrected chi connectivity index (χ4v) is 2.43. The van der Waals surface area contributed by atoms with Gasteiger partial charge in [0.15, 0.2) is 0 Å². The Balaban J connectivity index is 2.19. The maximum atomic E-state index is 12.8. The van der Waals surface area contributed by atoms with Crippen molar-refractivity contribution in [3.05, 3.63) is 77.9 Å². The molecule has 2 aromatic carbocycles. The summed E-state index contributed by atoms with van der Waals surface area (Å²) in [5.74, 6) is -0.263. The van der Waals surface area contributed by atoms with Gasteiger partial charge in [-0.1, -0.05) is 18.2 Å². The molecule has 0 saturated carbocycles. The smallest absolute Gasteiger partial charge is 0.258 e. The Labute approximate surface area is 142 Å². The molecule has 0 unspecified atom stereocenters. The third-order valence-electron chi connectivity index (χ3n) is 3.68. The van der Waals surface area contributed by atoms with E-state index in [9.17, 15) is 9.59 Å². The Hall–Kier alpha value is -2.88. The zero-order valence-electron chi connectivity index (χ0n) is 14.1. The van der Waals surface area contributed by atoms with Gasteiger partial charge in [0.1, 0.15) is 0 Å². The Bertz CT molecular complexity index is 736. The Morgan fingerprint density at radius 3 is 2.38 bits per heavy atom. The van der Waals surface area contributed by atoms with Crippen LogP contribution in [0.1, 0.15) is 33.2 Å². The first-order valence-electron chi connectivity index (χ1n) is 7.94. The highest BCUT2D eigenvalue weighted by atomic mass is 16.2. The van der Waals surface area contributed by atoms with Crippen molar-refractivity contribution in [2.45, 2.75) is 13.8 Å². The molecule has 0 aliphatic heterocycles. The van der Waals surface area contributed by atoms with Crippen LogP contribution >= 0.6 is 0 Å². The predicted molar refractivity (Wildman–Crippen MR) is 97.5 cm³/mol. The number of nitrogens with zero attached hydrogens (tertiary/aromatic N) is 1. The van der Waals surface area contributed by atoms with Crippen molar-refractivity contribution in [2.24, 2.45) is 0 Å². The number of hydrogen-bond donors (Lipinski definition) is 1. The highest BCUT2D eigenvalue weighted by Gasteiger charge is 2.16. The lowest BCUT2D eigenvalue weighted by molar-refractivity contribution is 0.0954. The van der Waals surface area contributed by atoms with Gasteiger partial charge in [0.05, 0.1) is 0 Å². The van der Waals surface area contributed by atoms with Crippen molar-refractivity contribution in [2.75, 3.05) is 18.0 Å². The van der Waals surface area contributed by atoms with E-state index in [4.69, 9.17) is 0 Å². The van der Waals surface area contributed by atoms with E-state index >= 15 is 0 Å². The fraction of sp³-hybridized carbons (Fsp3) is 0.200. The van der Waals surface area contributed by atoms with Gasteiger partial charge in [-0.15, -0.1) is 6.58 Å². The fourth-order valence-electron chi connectivity index (χ4n) is 2.43. The number of aryl methyl sites for hydroxylation is 1. The number of benzene rings is 2. The van der Waals surface area contributed by atoms with Crippen molar-refractivity contribution >= 4 is 17.5 Å². The summed E-state index contributed by atoms with van der Waals surface area (Å²) in [6.07, 6.45) is 1.62. The second-order valence-electron chi connectivity index (χ2n) is 5.46. The van der Waals surface area contributed by atoms with Crippen LogP contribution in [0.25, 0.3) is 0 Å². The number of carbonyl (C=O) groups is 2. The first-order chi connectivity index (χ1) is 11.6. The number of nitrogens with one attached hydrogen (secondary N) is 1. The molecule has 0 bridgehead atoms. The molecule has 0 saturated heterocycles. The van der Waals surface area contributed by atoms with Crippen LogP contribution in [0.2, 0.25) is 0 Å². The topological polar surface area (TPSA) is 49.4 Å². The number of carbonyl (C=O) groups excluding carboxylic acids is 2. The van der Waals surface area contributed by atoms with Crippen LogP contribution in [0, 0.1) is 6.92 Å². The van der Waals surface area contributed by atoms with Crippen LogP contribution in [0.3, 0.4) is 0 Å². The van der Waals surface area contributed by atoms with E-state index < -0.39 is 0 Å². The standard InChI is InChI=1S/C20H22N2O2/c1-4-13-21-19(23)16-9-11-17(12-10-16)20(24)22(5-2)18-8-6-7-15(3)14-18/h4,6-12,14H,1,5,13H2,2-3H3,(H,21,23). The molecule has 0 fully saturated rings. The molecule has 0 aromatic heterocycles. The van der Waals surface area contributed by atoms with Crippen LogP contribution in [0.5, 0.6) is 0 Å². The number of hydrogen-bond acceptors (Lipinski definition) is 2. The summed E-state index contributed by atoms with van der Waals surface area (Å²) in [6.45, 7) is 8.49. The third kappa shape index (κ3) is 4.10. The van der Waals surface area contributed by atoms with Gasteiger partial charge >= 0.3 is 0 Å². The average Bonchev–Trinajstić information content (AvgIpc) is 2.60. The molecule has 4 heteroatoms. The van der Waals surface area contributed by atoms with E-state index in [1.807, 2.05) is 38.1 Å². The SMILES string of the molecule is C=CCNC(=O)c1ccc(C(=O)N(CC)c2cccc(C)c2)cc1. The highest BCUT2D eigenvalue weighted by Crippen LogP contribution is 2.19. The normalized spacial score (nSPS) is 10.1. The van der Waals surface area contributed by atoms with Crippen LogP contribution in [0.4, 0.5) is 5.69 Å². The van der Waals surface area contributed by atoms with E-state index in [2.05, 4.69) is 11.9 Å². The van der Waals surface area contributed by atoms with Crippen LogP contribution in [-0.2, 0) is 0 Å². The molecule has 124 valence electrons. The summed E-state index contributed by atoms with van der Waals surface area (Å²) in [5.41, 5.74) is 3.05. The zero-order chi connectivity index (χ0) is 17.5. The first-order valence-corrected chi connectivity index (χ1v) is 7.94. The molecule has 0 radical (unpaired) electrons. The lowest BCUT2D eigenvalue weighted by atomic mass is 10.1. The molecule has 24 heavy (non-hydrogen) atoms. The van der Waals surface area contributed by atoms with Crippen molar-refractivity contribution in [1.82, 2.24) is 5.32 Å². The molecule has 0 heterocycles.